The minimum atomic E-state index is -0.925. The molecule has 1 aromatic heterocycles. The van der Waals surface area contributed by atoms with Crippen LogP contribution in [-0.4, -0.2) is 53.2 Å². The van der Waals surface area contributed by atoms with E-state index in [0.29, 0.717) is 25.7 Å². The van der Waals surface area contributed by atoms with E-state index in [1.54, 1.807) is 19.3 Å². The molecule has 0 aliphatic carbocycles. The van der Waals surface area contributed by atoms with Gasteiger partial charge in [-0.25, -0.2) is 9.97 Å². The third kappa shape index (κ3) is 3.18. The minimum absolute atomic E-state index is 0.340. The van der Waals surface area contributed by atoms with Crippen LogP contribution in [0.3, 0.4) is 0 Å². The van der Waals surface area contributed by atoms with Crippen LogP contribution in [0.5, 0.6) is 6.01 Å². The molecule has 0 bridgehead atoms. The van der Waals surface area contributed by atoms with Crippen LogP contribution in [0.1, 0.15) is 12.5 Å². The fourth-order valence-corrected chi connectivity index (χ4v) is 2.02. The second kappa shape index (κ2) is 5.50. The number of aromatic nitrogens is 2. The van der Waals surface area contributed by atoms with Gasteiger partial charge >= 0.3 is 6.01 Å². The van der Waals surface area contributed by atoms with Crippen molar-refractivity contribution in [1.82, 2.24) is 14.9 Å². The summed E-state index contributed by atoms with van der Waals surface area (Å²) in [5.74, 6) is -0.441. The van der Waals surface area contributed by atoms with Crippen molar-refractivity contribution in [3.8, 4) is 6.01 Å². The number of hydrogen-bond donors (Lipinski definition) is 1. The molecule has 1 aliphatic heterocycles. The smallest absolute Gasteiger partial charge is 0.316 e. The molecule has 0 saturated carbocycles. The topological polar surface area (TPSA) is 90.6 Å². The molecule has 19 heavy (non-hydrogen) atoms. The number of methoxy groups -OCH3 is 1. The van der Waals surface area contributed by atoms with Crippen LogP contribution < -0.4 is 10.5 Å². The van der Waals surface area contributed by atoms with Gasteiger partial charge in [0.15, 0.2) is 5.60 Å². The Labute approximate surface area is 111 Å². The zero-order chi connectivity index (χ0) is 13.9. The molecule has 2 heterocycles. The SMILES string of the molecule is COc1ncc(CN2CCOC(C)(C(N)=O)C2)cn1. The van der Waals surface area contributed by atoms with Crippen molar-refractivity contribution in [3.63, 3.8) is 0 Å². The van der Waals surface area contributed by atoms with Gasteiger partial charge in [0.25, 0.3) is 5.91 Å². The Morgan fingerprint density at radius 2 is 2.26 bits per heavy atom. The number of carbonyl (C=O) groups is 1. The molecule has 0 radical (unpaired) electrons. The lowest BCUT2D eigenvalue weighted by atomic mass is 10.0. The molecule has 1 unspecified atom stereocenters. The molecule has 1 aliphatic rings. The minimum Gasteiger partial charge on any atom is -0.467 e. The fourth-order valence-electron chi connectivity index (χ4n) is 2.02. The summed E-state index contributed by atoms with van der Waals surface area (Å²) in [6, 6.07) is 0.340. The summed E-state index contributed by atoms with van der Waals surface area (Å²) in [7, 11) is 1.52. The van der Waals surface area contributed by atoms with Crippen molar-refractivity contribution in [2.24, 2.45) is 5.73 Å². The average molecular weight is 266 g/mol. The van der Waals surface area contributed by atoms with Crippen LogP contribution in [0.15, 0.2) is 12.4 Å². The van der Waals surface area contributed by atoms with E-state index < -0.39 is 11.5 Å². The van der Waals surface area contributed by atoms with Crippen LogP contribution in [-0.2, 0) is 16.1 Å². The van der Waals surface area contributed by atoms with E-state index in [-0.39, 0.29) is 0 Å². The quantitative estimate of drug-likeness (QED) is 0.794. The molecule has 0 spiro atoms. The predicted molar refractivity (Wildman–Crippen MR) is 67.4 cm³/mol. The average Bonchev–Trinajstić information content (AvgIpc) is 2.39. The van der Waals surface area contributed by atoms with Crippen molar-refractivity contribution < 1.29 is 14.3 Å². The monoisotopic (exact) mass is 266 g/mol. The highest BCUT2D eigenvalue weighted by atomic mass is 16.5. The van der Waals surface area contributed by atoms with E-state index in [2.05, 4.69) is 14.9 Å². The Balaban J connectivity index is 2.00. The third-order valence-electron chi connectivity index (χ3n) is 3.15. The third-order valence-corrected chi connectivity index (χ3v) is 3.15. The highest BCUT2D eigenvalue weighted by molar-refractivity contribution is 5.83. The number of carbonyl (C=O) groups excluding carboxylic acids is 1. The Hall–Kier alpha value is -1.73. The van der Waals surface area contributed by atoms with E-state index in [9.17, 15) is 4.79 Å². The molecule has 1 fully saturated rings. The van der Waals surface area contributed by atoms with Gasteiger partial charge in [0.2, 0.25) is 0 Å². The largest absolute Gasteiger partial charge is 0.467 e. The van der Waals surface area contributed by atoms with Crippen molar-refractivity contribution in [2.45, 2.75) is 19.1 Å². The van der Waals surface area contributed by atoms with Gasteiger partial charge < -0.3 is 15.2 Å². The van der Waals surface area contributed by atoms with E-state index in [4.69, 9.17) is 15.2 Å². The maximum Gasteiger partial charge on any atom is 0.316 e. The van der Waals surface area contributed by atoms with Gasteiger partial charge in [-0.15, -0.1) is 0 Å². The van der Waals surface area contributed by atoms with Gasteiger partial charge in [-0.2, -0.15) is 0 Å². The standard InChI is InChI=1S/C12H18N4O3/c1-12(10(13)17)8-16(3-4-19-12)7-9-5-14-11(18-2)15-6-9/h5-6H,3-4,7-8H2,1-2H3,(H2,13,17). The lowest BCUT2D eigenvalue weighted by Gasteiger charge is -2.38. The van der Waals surface area contributed by atoms with Gasteiger partial charge in [0.1, 0.15) is 0 Å². The highest BCUT2D eigenvalue weighted by Crippen LogP contribution is 2.18. The normalized spacial score (nSPS) is 24.1. The van der Waals surface area contributed by atoms with Gasteiger partial charge in [0.05, 0.1) is 13.7 Å². The number of rotatable bonds is 4. The zero-order valence-electron chi connectivity index (χ0n) is 11.1. The van der Waals surface area contributed by atoms with Crippen LogP contribution >= 0.6 is 0 Å². The van der Waals surface area contributed by atoms with Crippen molar-refractivity contribution in [1.29, 1.82) is 0 Å². The summed E-state index contributed by atoms with van der Waals surface area (Å²) >= 11 is 0. The van der Waals surface area contributed by atoms with E-state index in [1.165, 1.54) is 7.11 Å². The molecule has 1 atom stereocenters. The highest BCUT2D eigenvalue weighted by Gasteiger charge is 2.37. The molecular weight excluding hydrogens is 248 g/mol. The predicted octanol–water partition coefficient (Wildman–Crippen LogP) is -0.439. The number of amides is 1. The van der Waals surface area contributed by atoms with Crippen LogP contribution in [0.25, 0.3) is 0 Å². The molecule has 0 aromatic carbocycles. The zero-order valence-corrected chi connectivity index (χ0v) is 11.1. The molecule has 7 nitrogen and oxygen atoms in total. The van der Waals surface area contributed by atoms with Crippen molar-refractivity contribution in [2.75, 3.05) is 26.8 Å². The maximum absolute atomic E-state index is 11.4. The molecule has 104 valence electrons. The number of primary amides is 1. The van der Waals surface area contributed by atoms with Gasteiger partial charge in [-0.3, -0.25) is 9.69 Å². The first kappa shape index (κ1) is 13.7. The Morgan fingerprint density at radius 3 is 2.84 bits per heavy atom. The first-order valence-corrected chi connectivity index (χ1v) is 6.04. The molecule has 7 heteroatoms. The summed E-state index contributed by atoms with van der Waals surface area (Å²) in [5.41, 5.74) is 5.39. The van der Waals surface area contributed by atoms with Gasteiger partial charge in [-0.05, 0) is 6.92 Å². The molecule has 1 aromatic rings. The summed E-state index contributed by atoms with van der Waals surface area (Å²) < 4.78 is 10.4. The second-order valence-electron chi connectivity index (χ2n) is 4.73. The first-order valence-electron chi connectivity index (χ1n) is 6.04. The van der Waals surface area contributed by atoms with Gasteiger partial charge in [-0.1, -0.05) is 0 Å². The van der Waals surface area contributed by atoms with E-state index >= 15 is 0 Å². The van der Waals surface area contributed by atoms with E-state index in [1.807, 2.05) is 0 Å². The Kier molecular flexibility index (Phi) is 3.96. The molecule has 2 rings (SSSR count). The molecular formula is C12H18N4O3. The molecule has 1 saturated heterocycles. The van der Waals surface area contributed by atoms with Crippen LogP contribution in [0, 0.1) is 0 Å². The summed E-state index contributed by atoms with van der Waals surface area (Å²) in [4.78, 5) is 21.6. The van der Waals surface area contributed by atoms with Crippen molar-refractivity contribution >= 4 is 5.91 Å². The van der Waals surface area contributed by atoms with Crippen LogP contribution in [0.4, 0.5) is 0 Å². The van der Waals surface area contributed by atoms with Crippen molar-refractivity contribution in [3.05, 3.63) is 18.0 Å². The molecule has 2 N–H and O–H groups in total. The second-order valence-corrected chi connectivity index (χ2v) is 4.73. The first-order chi connectivity index (χ1) is 9.03. The lowest BCUT2D eigenvalue weighted by molar-refractivity contribution is -0.153. The number of hydrogen-bond acceptors (Lipinski definition) is 6. The fraction of sp³-hybridized carbons (Fsp3) is 0.583. The molecule has 1 amide bonds. The Morgan fingerprint density at radius 1 is 1.58 bits per heavy atom. The summed E-state index contributed by atoms with van der Waals surface area (Å²) in [5, 5.41) is 0. The summed E-state index contributed by atoms with van der Waals surface area (Å²) in [6.45, 7) is 4.06. The number of ether oxygens (including phenoxy) is 2. The maximum atomic E-state index is 11.4. The van der Waals surface area contributed by atoms with Crippen LogP contribution in [0.2, 0.25) is 0 Å². The summed E-state index contributed by atoms with van der Waals surface area (Å²) in [6.07, 6.45) is 3.42. The van der Waals surface area contributed by atoms with Gasteiger partial charge in [0, 0.05) is 37.6 Å². The number of morpholine rings is 1. The Bertz CT molecular complexity index is 451. The van der Waals surface area contributed by atoms with E-state index in [0.717, 1.165) is 12.1 Å². The lowest BCUT2D eigenvalue weighted by Crippen LogP contribution is -2.56. The number of nitrogens with two attached hydrogens (primary N) is 1. The number of nitrogens with zero attached hydrogens (tertiary/aromatic N) is 3.